The van der Waals surface area contributed by atoms with Crippen molar-refractivity contribution < 1.29 is 13.9 Å². The van der Waals surface area contributed by atoms with Crippen LogP contribution in [0.4, 0.5) is 0 Å². The minimum absolute atomic E-state index is 0.107. The largest absolute Gasteiger partial charge is 0.492 e. The molecule has 1 amide bonds. The molecule has 0 saturated heterocycles. The Hall–Kier alpha value is -2.21. The van der Waals surface area contributed by atoms with E-state index >= 15 is 0 Å². The highest BCUT2D eigenvalue weighted by atomic mass is 35.5. The predicted molar refractivity (Wildman–Crippen MR) is 110 cm³/mol. The van der Waals surface area contributed by atoms with Crippen molar-refractivity contribution in [2.45, 2.75) is 12.8 Å². The van der Waals surface area contributed by atoms with Gasteiger partial charge in [0.15, 0.2) is 11.7 Å². The fourth-order valence-electron chi connectivity index (χ4n) is 2.44. The number of carbonyl (C=O) groups is 1. The Morgan fingerprint density at radius 1 is 1.07 bits per heavy atom. The Morgan fingerprint density at radius 2 is 1.82 bits per heavy atom. The van der Waals surface area contributed by atoms with Gasteiger partial charge in [-0.25, -0.2) is 4.98 Å². The van der Waals surface area contributed by atoms with E-state index in [0.717, 1.165) is 0 Å². The SMILES string of the molecule is O=C(CCc1ncc(-c2ccc(Cl)cc2Cl)o1)NCCOc1ccc(Cl)cc1. The molecule has 146 valence electrons. The number of oxazole rings is 1. The summed E-state index contributed by atoms with van der Waals surface area (Å²) in [5, 5.41) is 4.47. The summed E-state index contributed by atoms with van der Waals surface area (Å²) in [6, 6.07) is 12.2. The minimum atomic E-state index is -0.107. The Balaban J connectivity index is 1.41. The molecular weight excluding hydrogens is 423 g/mol. The van der Waals surface area contributed by atoms with Crippen LogP contribution in [0, 0.1) is 0 Å². The first-order chi connectivity index (χ1) is 13.5. The van der Waals surface area contributed by atoms with Gasteiger partial charge in [-0.15, -0.1) is 0 Å². The smallest absolute Gasteiger partial charge is 0.220 e. The van der Waals surface area contributed by atoms with Gasteiger partial charge in [0.2, 0.25) is 5.91 Å². The third kappa shape index (κ3) is 5.89. The number of aryl methyl sites for hydroxylation is 1. The average Bonchev–Trinajstić information content (AvgIpc) is 3.14. The summed E-state index contributed by atoms with van der Waals surface area (Å²) in [4.78, 5) is 16.1. The highest BCUT2D eigenvalue weighted by molar-refractivity contribution is 6.36. The van der Waals surface area contributed by atoms with Crippen LogP contribution in [0.25, 0.3) is 11.3 Å². The van der Waals surface area contributed by atoms with E-state index in [1.807, 2.05) is 0 Å². The van der Waals surface area contributed by atoms with Gasteiger partial charge in [0.05, 0.1) is 17.8 Å². The number of carbonyl (C=O) groups excluding carboxylic acids is 1. The van der Waals surface area contributed by atoms with Gasteiger partial charge in [0.1, 0.15) is 12.4 Å². The van der Waals surface area contributed by atoms with Crippen LogP contribution in [-0.4, -0.2) is 24.0 Å². The third-order valence-corrected chi connectivity index (χ3v) is 4.62. The van der Waals surface area contributed by atoms with E-state index < -0.39 is 0 Å². The Kier molecular flexibility index (Phi) is 7.20. The minimum Gasteiger partial charge on any atom is -0.492 e. The number of aromatic nitrogens is 1. The Labute approximate surface area is 177 Å². The van der Waals surface area contributed by atoms with Gasteiger partial charge in [-0.05, 0) is 42.5 Å². The van der Waals surface area contributed by atoms with Crippen LogP contribution in [0.2, 0.25) is 15.1 Å². The van der Waals surface area contributed by atoms with Gasteiger partial charge in [-0.1, -0.05) is 34.8 Å². The molecule has 0 saturated carbocycles. The van der Waals surface area contributed by atoms with Crippen molar-refractivity contribution >= 4 is 40.7 Å². The maximum Gasteiger partial charge on any atom is 0.220 e. The average molecular weight is 440 g/mol. The second-order valence-electron chi connectivity index (χ2n) is 5.89. The highest BCUT2D eigenvalue weighted by Crippen LogP contribution is 2.30. The standard InChI is InChI=1S/C20H17Cl3N2O3/c21-13-1-4-15(5-2-13)27-10-9-24-19(26)7-8-20-25-12-18(28-20)16-6-3-14(22)11-17(16)23/h1-6,11-12H,7-10H2,(H,24,26). The van der Waals surface area contributed by atoms with Crippen LogP contribution in [0.5, 0.6) is 5.75 Å². The normalized spacial score (nSPS) is 10.7. The molecule has 1 heterocycles. The highest BCUT2D eigenvalue weighted by Gasteiger charge is 2.11. The van der Waals surface area contributed by atoms with E-state index in [4.69, 9.17) is 44.0 Å². The number of rotatable bonds is 8. The molecule has 0 aliphatic heterocycles. The fourth-order valence-corrected chi connectivity index (χ4v) is 3.07. The van der Waals surface area contributed by atoms with Crippen molar-refractivity contribution in [3.05, 3.63) is 69.6 Å². The van der Waals surface area contributed by atoms with E-state index in [-0.39, 0.29) is 12.3 Å². The van der Waals surface area contributed by atoms with Crippen LogP contribution >= 0.6 is 34.8 Å². The molecule has 1 aromatic heterocycles. The zero-order chi connectivity index (χ0) is 19.9. The molecule has 0 bridgehead atoms. The summed E-state index contributed by atoms with van der Waals surface area (Å²) in [5.74, 6) is 1.60. The second kappa shape index (κ2) is 9.82. The quantitative estimate of drug-likeness (QED) is 0.475. The molecule has 0 aliphatic rings. The van der Waals surface area contributed by atoms with Crippen molar-refractivity contribution in [3.63, 3.8) is 0 Å². The number of amides is 1. The molecule has 0 unspecified atom stereocenters. The first kappa shape index (κ1) is 20.5. The number of hydrogen-bond donors (Lipinski definition) is 1. The van der Waals surface area contributed by atoms with Gasteiger partial charge in [-0.2, -0.15) is 0 Å². The maximum atomic E-state index is 12.0. The summed E-state index contributed by atoms with van der Waals surface area (Å²) in [7, 11) is 0. The maximum absolute atomic E-state index is 12.0. The van der Waals surface area contributed by atoms with Crippen LogP contribution in [0.15, 0.2) is 53.1 Å². The number of benzene rings is 2. The first-order valence-corrected chi connectivity index (χ1v) is 9.70. The number of ether oxygens (including phenoxy) is 1. The molecule has 3 rings (SSSR count). The van der Waals surface area contributed by atoms with Crippen molar-refractivity contribution in [1.82, 2.24) is 10.3 Å². The lowest BCUT2D eigenvalue weighted by molar-refractivity contribution is -0.121. The lowest BCUT2D eigenvalue weighted by Gasteiger charge is -2.07. The molecule has 0 spiro atoms. The molecule has 0 radical (unpaired) electrons. The molecular formula is C20H17Cl3N2O3. The first-order valence-electron chi connectivity index (χ1n) is 8.56. The summed E-state index contributed by atoms with van der Waals surface area (Å²) in [6.45, 7) is 0.768. The fraction of sp³-hybridized carbons (Fsp3) is 0.200. The number of nitrogens with zero attached hydrogens (tertiary/aromatic N) is 1. The molecule has 0 atom stereocenters. The Morgan fingerprint density at radius 3 is 2.57 bits per heavy atom. The van der Waals surface area contributed by atoms with Crippen molar-refractivity contribution in [1.29, 1.82) is 0 Å². The lowest BCUT2D eigenvalue weighted by Crippen LogP contribution is -2.28. The van der Waals surface area contributed by atoms with Crippen LogP contribution in [0.3, 0.4) is 0 Å². The monoisotopic (exact) mass is 438 g/mol. The summed E-state index contributed by atoms with van der Waals surface area (Å²) >= 11 is 17.9. The van der Waals surface area contributed by atoms with E-state index in [2.05, 4.69) is 10.3 Å². The number of halogens is 3. The molecule has 1 N–H and O–H groups in total. The second-order valence-corrected chi connectivity index (χ2v) is 7.17. The van der Waals surface area contributed by atoms with Crippen LogP contribution in [-0.2, 0) is 11.2 Å². The van der Waals surface area contributed by atoms with Crippen molar-refractivity contribution in [3.8, 4) is 17.1 Å². The number of nitrogens with one attached hydrogen (secondary N) is 1. The van der Waals surface area contributed by atoms with Gasteiger partial charge in [0.25, 0.3) is 0 Å². The zero-order valence-corrected chi connectivity index (χ0v) is 17.0. The summed E-state index contributed by atoms with van der Waals surface area (Å²) in [6.07, 6.45) is 2.23. The Bertz CT molecular complexity index is 942. The molecule has 28 heavy (non-hydrogen) atoms. The van der Waals surface area contributed by atoms with E-state index in [0.29, 0.717) is 57.6 Å². The summed E-state index contributed by atoms with van der Waals surface area (Å²) < 4.78 is 11.2. The van der Waals surface area contributed by atoms with Crippen molar-refractivity contribution in [2.24, 2.45) is 0 Å². The molecule has 0 fully saturated rings. The molecule has 0 aliphatic carbocycles. The van der Waals surface area contributed by atoms with Gasteiger partial charge < -0.3 is 14.5 Å². The van der Waals surface area contributed by atoms with E-state index in [9.17, 15) is 4.79 Å². The van der Waals surface area contributed by atoms with Crippen LogP contribution < -0.4 is 10.1 Å². The predicted octanol–water partition coefficient (Wildman–Crippen LogP) is 5.43. The molecule has 5 nitrogen and oxygen atoms in total. The zero-order valence-electron chi connectivity index (χ0n) is 14.8. The van der Waals surface area contributed by atoms with E-state index in [1.54, 1.807) is 48.7 Å². The van der Waals surface area contributed by atoms with Crippen molar-refractivity contribution in [2.75, 3.05) is 13.2 Å². The van der Waals surface area contributed by atoms with Gasteiger partial charge in [0, 0.05) is 28.5 Å². The summed E-state index contributed by atoms with van der Waals surface area (Å²) in [5.41, 5.74) is 0.702. The third-order valence-electron chi connectivity index (χ3n) is 3.82. The van der Waals surface area contributed by atoms with Gasteiger partial charge in [-0.3, -0.25) is 4.79 Å². The van der Waals surface area contributed by atoms with E-state index in [1.165, 1.54) is 0 Å². The molecule has 8 heteroatoms. The van der Waals surface area contributed by atoms with Gasteiger partial charge >= 0.3 is 0 Å². The van der Waals surface area contributed by atoms with Crippen LogP contribution in [0.1, 0.15) is 12.3 Å². The molecule has 2 aromatic carbocycles. The number of hydrogen-bond acceptors (Lipinski definition) is 4. The lowest BCUT2D eigenvalue weighted by atomic mass is 10.2. The topological polar surface area (TPSA) is 64.4 Å². The molecule has 3 aromatic rings.